The molecule has 0 aliphatic carbocycles. The highest BCUT2D eigenvalue weighted by Gasteiger charge is 2.34. The number of halogens is 2. The molecule has 166 valence electrons. The lowest BCUT2D eigenvalue weighted by molar-refractivity contribution is -0.119. The summed E-state index contributed by atoms with van der Waals surface area (Å²) in [5.74, 6) is -0.253. The first kappa shape index (κ1) is 23.0. The van der Waals surface area contributed by atoms with Crippen LogP contribution in [0.4, 0.5) is 5.69 Å². The first-order valence-corrected chi connectivity index (χ1v) is 12.8. The summed E-state index contributed by atoms with van der Waals surface area (Å²) in [7, 11) is -3.93. The second kappa shape index (κ2) is 9.35. The van der Waals surface area contributed by atoms with Crippen molar-refractivity contribution < 1.29 is 13.2 Å². The van der Waals surface area contributed by atoms with Crippen molar-refractivity contribution in [1.82, 2.24) is 4.31 Å². The highest BCUT2D eigenvalue weighted by Crippen LogP contribution is 2.32. The lowest BCUT2D eigenvalue weighted by Crippen LogP contribution is -2.44. The van der Waals surface area contributed by atoms with Gasteiger partial charge in [0.2, 0.25) is 15.9 Å². The maximum atomic E-state index is 13.5. The topological polar surface area (TPSA) is 57.7 Å². The minimum atomic E-state index is -3.93. The summed E-state index contributed by atoms with van der Waals surface area (Å²) in [5, 5.41) is 0.446. The molecule has 0 fully saturated rings. The second-order valence-electron chi connectivity index (χ2n) is 7.80. The Morgan fingerprint density at radius 3 is 2.41 bits per heavy atom. The van der Waals surface area contributed by atoms with Crippen LogP contribution in [-0.4, -0.2) is 31.2 Å². The molecule has 8 heteroatoms. The number of carbonyl (C=O) groups is 1. The van der Waals surface area contributed by atoms with E-state index < -0.39 is 10.0 Å². The van der Waals surface area contributed by atoms with Gasteiger partial charge in [0.1, 0.15) is 0 Å². The number of hydrogen-bond donors (Lipinski definition) is 0. The van der Waals surface area contributed by atoms with Crippen LogP contribution in [0.3, 0.4) is 0 Å². The zero-order valence-electron chi connectivity index (χ0n) is 17.4. The molecule has 1 aliphatic heterocycles. The lowest BCUT2D eigenvalue weighted by Gasteiger charge is -2.27. The summed E-state index contributed by atoms with van der Waals surface area (Å²) in [5.41, 5.74) is 2.72. The van der Waals surface area contributed by atoms with Gasteiger partial charge in [-0.15, -0.1) is 0 Å². The molecule has 0 aromatic heterocycles. The van der Waals surface area contributed by atoms with Crippen molar-refractivity contribution in [2.24, 2.45) is 0 Å². The maximum absolute atomic E-state index is 13.5. The number of anilines is 1. The average Bonchev–Trinajstić information content (AvgIpc) is 3.10. The lowest BCUT2D eigenvalue weighted by atomic mass is 10.1. The van der Waals surface area contributed by atoms with Gasteiger partial charge in [-0.1, -0.05) is 57.9 Å². The van der Waals surface area contributed by atoms with Crippen molar-refractivity contribution in [2.45, 2.75) is 30.8 Å². The smallest absolute Gasteiger partial charge is 0.243 e. The highest BCUT2D eigenvalue weighted by atomic mass is 79.9. The minimum absolute atomic E-state index is 0.0346. The predicted molar refractivity (Wildman–Crippen MR) is 130 cm³/mol. The van der Waals surface area contributed by atoms with E-state index in [-0.39, 0.29) is 29.9 Å². The van der Waals surface area contributed by atoms with E-state index >= 15 is 0 Å². The van der Waals surface area contributed by atoms with Crippen molar-refractivity contribution in [2.75, 3.05) is 11.4 Å². The zero-order valence-corrected chi connectivity index (χ0v) is 20.6. The molecular weight excluding hydrogens is 512 g/mol. The Labute approximate surface area is 201 Å². The van der Waals surface area contributed by atoms with E-state index in [0.29, 0.717) is 5.02 Å². The highest BCUT2D eigenvalue weighted by molar-refractivity contribution is 9.10. The number of fused-ring (bicyclic) bond motifs is 1. The minimum Gasteiger partial charge on any atom is -0.308 e. The molecule has 32 heavy (non-hydrogen) atoms. The Kier molecular flexibility index (Phi) is 6.72. The number of hydrogen-bond acceptors (Lipinski definition) is 3. The Balaban J connectivity index is 1.67. The summed E-state index contributed by atoms with van der Waals surface area (Å²) in [6.45, 7) is 1.79. The van der Waals surface area contributed by atoms with Crippen LogP contribution in [0.2, 0.25) is 5.02 Å². The fraction of sp³-hybridized carbons (Fsp3) is 0.208. The van der Waals surface area contributed by atoms with E-state index in [0.717, 1.165) is 27.7 Å². The van der Waals surface area contributed by atoms with Crippen molar-refractivity contribution >= 4 is 49.1 Å². The summed E-state index contributed by atoms with van der Waals surface area (Å²) >= 11 is 9.34. The molecule has 3 aromatic carbocycles. The van der Waals surface area contributed by atoms with Crippen molar-refractivity contribution in [1.29, 1.82) is 0 Å². The number of nitrogens with zero attached hydrogens (tertiary/aromatic N) is 2. The van der Waals surface area contributed by atoms with Gasteiger partial charge in [0, 0.05) is 27.8 Å². The molecule has 1 amide bonds. The van der Waals surface area contributed by atoms with Gasteiger partial charge < -0.3 is 4.90 Å². The van der Waals surface area contributed by atoms with E-state index in [2.05, 4.69) is 15.9 Å². The van der Waals surface area contributed by atoms with Gasteiger partial charge in [0.25, 0.3) is 0 Å². The molecule has 1 heterocycles. The molecule has 0 saturated carbocycles. The molecule has 0 radical (unpaired) electrons. The van der Waals surface area contributed by atoms with Crippen LogP contribution in [0.25, 0.3) is 0 Å². The van der Waals surface area contributed by atoms with Gasteiger partial charge in [0.15, 0.2) is 0 Å². The molecular formula is C24H22BrClN2O3S. The number of sulfonamides is 1. The van der Waals surface area contributed by atoms with Gasteiger partial charge in [-0.2, -0.15) is 4.31 Å². The van der Waals surface area contributed by atoms with Gasteiger partial charge in [-0.25, -0.2) is 8.42 Å². The van der Waals surface area contributed by atoms with E-state index in [4.69, 9.17) is 11.6 Å². The number of para-hydroxylation sites is 1. The molecule has 0 N–H and O–H groups in total. The third-order valence-corrected chi connectivity index (χ3v) is 8.10. The molecule has 5 nitrogen and oxygen atoms in total. The largest absolute Gasteiger partial charge is 0.308 e. The fourth-order valence-electron chi connectivity index (χ4n) is 3.95. The molecule has 0 spiro atoms. The SMILES string of the molecule is C[C@@H]1Cc2ccccc2N1C(=O)CN(Cc1ccc(Br)cc1)S(=O)(=O)c1ccc(Cl)cc1. The van der Waals surface area contributed by atoms with E-state index in [1.54, 1.807) is 4.90 Å². The molecule has 1 atom stereocenters. The van der Waals surface area contributed by atoms with Crippen LogP contribution in [0.5, 0.6) is 0 Å². The van der Waals surface area contributed by atoms with Crippen molar-refractivity contribution in [3.05, 3.63) is 93.4 Å². The second-order valence-corrected chi connectivity index (χ2v) is 11.1. The van der Waals surface area contributed by atoms with Gasteiger partial charge in [-0.05, 0) is 66.9 Å². The Morgan fingerprint density at radius 2 is 1.72 bits per heavy atom. The maximum Gasteiger partial charge on any atom is 0.243 e. The van der Waals surface area contributed by atoms with E-state index in [9.17, 15) is 13.2 Å². The average molecular weight is 534 g/mol. The quantitative estimate of drug-likeness (QED) is 0.434. The number of rotatable bonds is 6. The van der Waals surface area contributed by atoms with E-state index in [1.165, 1.54) is 28.6 Å². The van der Waals surface area contributed by atoms with Crippen LogP contribution in [-0.2, 0) is 27.8 Å². The van der Waals surface area contributed by atoms with Crippen LogP contribution in [0.1, 0.15) is 18.1 Å². The van der Waals surface area contributed by atoms with Gasteiger partial charge >= 0.3 is 0 Å². The Bertz CT molecular complexity index is 1230. The monoisotopic (exact) mass is 532 g/mol. The van der Waals surface area contributed by atoms with Crippen LogP contribution < -0.4 is 4.90 Å². The normalized spacial score (nSPS) is 15.8. The first-order valence-electron chi connectivity index (χ1n) is 10.2. The fourth-order valence-corrected chi connectivity index (χ4v) is 5.72. The van der Waals surface area contributed by atoms with Crippen LogP contribution in [0.15, 0.2) is 82.2 Å². The number of amides is 1. The molecule has 4 rings (SSSR count). The van der Waals surface area contributed by atoms with Gasteiger partial charge in [0.05, 0.1) is 11.4 Å². The molecule has 0 unspecified atom stereocenters. The van der Waals surface area contributed by atoms with E-state index in [1.807, 2.05) is 55.5 Å². The Morgan fingerprint density at radius 1 is 1.06 bits per heavy atom. The molecule has 3 aromatic rings. The number of benzene rings is 3. The van der Waals surface area contributed by atoms with Crippen LogP contribution in [0, 0.1) is 0 Å². The molecule has 0 bridgehead atoms. The third kappa shape index (κ3) is 4.76. The van der Waals surface area contributed by atoms with Gasteiger partial charge in [-0.3, -0.25) is 4.79 Å². The van der Waals surface area contributed by atoms with Crippen molar-refractivity contribution in [3.63, 3.8) is 0 Å². The summed E-state index contributed by atoms with van der Waals surface area (Å²) in [4.78, 5) is 15.2. The van der Waals surface area contributed by atoms with Crippen molar-refractivity contribution in [3.8, 4) is 0 Å². The molecule has 0 saturated heterocycles. The number of carbonyl (C=O) groups excluding carboxylic acids is 1. The predicted octanol–water partition coefficient (Wildman–Crippen LogP) is 5.27. The standard InChI is InChI=1S/C24H22BrClN2O3S/c1-17-14-19-4-2-3-5-23(19)28(17)24(29)16-27(15-18-6-8-20(25)9-7-18)32(30,31)22-12-10-21(26)11-13-22/h2-13,17H,14-16H2,1H3/t17-/m1/s1. The summed E-state index contributed by atoms with van der Waals surface area (Å²) in [6, 6.07) is 21.1. The zero-order chi connectivity index (χ0) is 22.9. The van der Waals surface area contributed by atoms with Crippen LogP contribution >= 0.6 is 27.5 Å². The summed E-state index contributed by atoms with van der Waals surface area (Å²) < 4.78 is 29.1. The molecule has 1 aliphatic rings. The third-order valence-electron chi connectivity index (χ3n) is 5.51. The first-order chi connectivity index (χ1) is 15.3. The Hall–Kier alpha value is -2.19. The summed E-state index contributed by atoms with van der Waals surface area (Å²) in [6.07, 6.45) is 0.749.